The Bertz CT molecular complexity index is 374. The molecule has 23 heavy (non-hydrogen) atoms. The van der Waals surface area contributed by atoms with Crippen molar-refractivity contribution in [3.63, 3.8) is 0 Å². The van der Waals surface area contributed by atoms with Gasteiger partial charge >= 0.3 is 0 Å². The maximum Gasteiger partial charge on any atom is 0.136 e. The number of hydrogen-bond acceptors (Lipinski definition) is 4. The first-order chi connectivity index (χ1) is 11.2. The number of carbonyl (C=O) groups excluding carboxylic acids is 2. The zero-order valence-electron chi connectivity index (χ0n) is 14.5. The van der Waals surface area contributed by atoms with Crippen LogP contribution in [-0.4, -0.2) is 23.1 Å². The number of ketones is 1. The highest BCUT2D eigenvalue weighted by Crippen LogP contribution is 2.19. The second-order valence-corrected chi connectivity index (χ2v) is 7.05. The molecular weight excluding hydrogens is 306 g/mol. The van der Waals surface area contributed by atoms with Gasteiger partial charge in [0.05, 0.1) is 6.07 Å². The van der Waals surface area contributed by atoms with Gasteiger partial charge in [-0.2, -0.15) is 5.26 Å². The molecule has 1 atom stereocenters. The number of carbonyl (C=O) groups is 2. The maximum atomic E-state index is 11.8. The van der Waals surface area contributed by atoms with E-state index in [0.29, 0.717) is 30.3 Å². The Labute approximate surface area is 145 Å². The summed E-state index contributed by atoms with van der Waals surface area (Å²) in [6, 6.07) is 2.12. The van der Waals surface area contributed by atoms with E-state index >= 15 is 0 Å². The molecule has 1 unspecified atom stereocenters. The first-order valence-electron chi connectivity index (χ1n) is 8.85. The van der Waals surface area contributed by atoms with Crippen molar-refractivity contribution in [2.75, 3.05) is 5.75 Å². The average Bonchev–Trinajstić information content (AvgIpc) is 2.55. The molecule has 0 N–H and O–H groups in total. The molecule has 0 aliphatic heterocycles. The van der Waals surface area contributed by atoms with Crippen molar-refractivity contribution >= 4 is 23.8 Å². The van der Waals surface area contributed by atoms with Gasteiger partial charge in [-0.25, -0.2) is 0 Å². The number of hydrogen-bond donors (Lipinski definition) is 0. The van der Waals surface area contributed by atoms with Gasteiger partial charge in [-0.3, -0.25) is 4.79 Å². The van der Waals surface area contributed by atoms with Crippen LogP contribution in [0.15, 0.2) is 12.2 Å². The topological polar surface area (TPSA) is 57.9 Å². The predicted octanol–water partition coefficient (Wildman–Crippen LogP) is 5.25. The minimum atomic E-state index is 0.267. The Hall–Kier alpha value is -1.08. The van der Waals surface area contributed by atoms with E-state index in [1.807, 2.05) is 6.08 Å². The number of nitrogens with zero attached hydrogens (tertiary/aromatic N) is 1. The summed E-state index contributed by atoms with van der Waals surface area (Å²) in [5.41, 5.74) is 0. The zero-order valence-corrected chi connectivity index (χ0v) is 15.3. The summed E-state index contributed by atoms with van der Waals surface area (Å²) in [5, 5.41) is 8.79. The number of thioether (sulfide) groups is 1. The maximum absolute atomic E-state index is 11.8. The first kappa shape index (κ1) is 21.9. The van der Waals surface area contributed by atoms with Gasteiger partial charge in [0.15, 0.2) is 0 Å². The Morgan fingerprint density at radius 2 is 1.96 bits per heavy atom. The molecule has 0 saturated heterocycles. The minimum Gasteiger partial charge on any atom is -0.302 e. The van der Waals surface area contributed by atoms with Crippen molar-refractivity contribution in [2.45, 2.75) is 82.8 Å². The molecule has 0 fully saturated rings. The highest BCUT2D eigenvalue weighted by molar-refractivity contribution is 8.00. The Kier molecular flexibility index (Phi) is 16.5. The van der Waals surface area contributed by atoms with E-state index in [1.54, 1.807) is 11.8 Å². The van der Waals surface area contributed by atoms with Crippen molar-refractivity contribution < 1.29 is 9.59 Å². The molecule has 0 saturated carbocycles. The van der Waals surface area contributed by atoms with Crippen LogP contribution >= 0.6 is 11.8 Å². The summed E-state index contributed by atoms with van der Waals surface area (Å²) >= 11 is 1.66. The van der Waals surface area contributed by atoms with Crippen molar-refractivity contribution in [1.29, 1.82) is 5.26 Å². The standard InChI is InChI=1S/C19H31NO2S/c1-2-3-4-8-13-19(23-17-16-21)14-10-12-18(22)11-7-5-6-9-15-20/h10,14,16,19H,2-9,11-13,17H2,1H3. The minimum absolute atomic E-state index is 0.267. The summed E-state index contributed by atoms with van der Waals surface area (Å²) in [6.45, 7) is 2.20. The summed E-state index contributed by atoms with van der Waals surface area (Å²) in [4.78, 5) is 22.3. The van der Waals surface area contributed by atoms with Crippen molar-refractivity contribution in [3.05, 3.63) is 12.2 Å². The number of Topliss-reactive ketones (excluding diaryl/α,β-unsaturated/α-hetero) is 1. The first-order valence-corrected chi connectivity index (χ1v) is 9.90. The quantitative estimate of drug-likeness (QED) is 0.219. The normalized spacial score (nSPS) is 12.2. The molecule has 0 aliphatic carbocycles. The van der Waals surface area contributed by atoms with Crippen molar-refractivity contribution in [2.24, 2.45) is 0 Å². The lowest BCUT2D eigenvalue weighted by atomic mass is 10.1. The van der Waals surface area contributed by atoms with Gasteiger partial charge < -0.3 is 4.79 Å². The van der Waals surface area contributed by atoms with Gasteiger partial charge in [0.25, 0.3) is 0 Å². The molecule has 0 radical (unpaired) electrons. The number of aldehydes is 1. The molecule has 130 valence electrons. The van der Waals surface area contributed by atoms with Gasteiger partial charge in [-0.05, 0) is 19.3 Å². The lowest BCUT2D eigenvalue weighted by molar-refractivity contribution is -0.118. The highest BCUT2D eigenvalue weighted by atomic mass is 32.2. The number of nitriles is 1. The molecule has 3 nitrogen and oxygen atoms in total. The molecule has 0 aliphatic rings. The fraction of sp³-hybridized carbons (Fsp3) is 0.737. The average molecular weight is 338 g/mol. The van der Waals surface area contributed by atoms with E-state index in [1.165, 1.54) is 25.7 Å². The Morgan fingerprint density at radius 1 is 1.17 bits per heavy atom. The van der Waals surface area contributed by atoms with Crippen LogP contribution in [0.1, 0.15) is 77.6 Å². The molecule has 0 bridgehead atoms. The van der Waals surface area contributed by atoms with E-state index in [0.717, 1.165) is 32.0 Å². The highest BCUT2D eigenvalue weighted by Gasteiger charge is 2.05. The van der Waals surface area contributed by atoms with E-state index < -0.39 is 0 Å². The third-order valence-corrected chi connectivity index (χ3v) is 4.81. The van der Waals surface area contributed by atoms with Crippen LogP contribution in [0, 0.1) is 11.3 Å². The molecule has 0 aromatic heterocycles. The smallest absolute Gasteiger partial charge is 0.136 e. The zero-order chi connectivity index (χ0) is 17.2. The summed E-state index contributed by atoms with van der Waals surface area (Å²) < 4.78 is 0. The van der Waals surface area contributed by atoms with Gasteiger partial charge in [0.2, 0.25) is 0 Å². The van der Waals surface area contributed by atoms with Gasteiger partial charge in [-0.15, -0.1) is 11.8 Å². The van der Waals surface area contributed by atoms with Gasteiger partial charge in [0, 0.05) is 30.3 Å². The molecule has 0 spiro atoms. The largest absolute Gasteiger partial charge is 0.302 e. The fourth-order valence-electron chi connectivity index (χ4n) is 2.33. The lowest BCUT2D eigenvalue weighted by Crippen LogP contribution is -2.02. The van der Waals surface area contributed by atoms with E-state index in [9.17, 15) is 9.59 Å². The van der Waals surface area contributed by atoms with Gasteiger partial charge in [0.1, 0.15) is 12.1 Å². The second-order valence-electron chi connectivity index (χ2n) is 5.78. The molecule has 0 aromatic carbocycles. The second kappa shape index (κ2) is 17.3. The lowest BCUT2D eigenvalue weighted by Gasteiger charge is -2.10. The fourth-order valence-corrected chi connectivity index (χ4v) is 3.21. The number of rotatable bonds is 16. The number of unbranched alkanes of at least 4 members (excludes halogenated alkanes) is 6. The van der Waals surface area contributed by atoms with E-state index in [2.05, 4.69) is 19.1 Å². The molecule has 0 amide bonds. The van der Waals surface area contributed by atoms with Crippen LogP contribution in [0.2, 0.25) is 0 Å². The van der Waals surface area contributed by atoms with Crippen LogP contribution < -0.4 is 0 Å². The van der Waals surface area contributed by atoms with Gasteiger partial charge in [-0.1, -0.05) is 51.2 Å². The number of allylic oxidation sites excluding steroid dienone is 1. The summed E-state index contributed by atoms with van der Waals surface area (Å²) in [5.74, 6) is 0.790. The molecule has 4 heteroatoms. The molecular formula is C19H31NO2S. The van der Waals surface area contributed by atoms with Crippen LogP contribution in [-0.2, 0) is 9.59 Å². The third kappa shape index (κ3) is 15.6. The summed E-state index contributed by atoms with van der Waals surface area (Å²) in [7, 11) is 0. The van der Waals surface area contributed by atoms with E-state index in [4.69, 9.17) is 5.26 Å². The summed E-state index contributed by atoms with van der Waals surface area (Å²) in [6.07, 6.45) is 15.4. The molecule has 0 aromatic rings. The molecule has 0 heterocycles. The van der Waals surface area contributed by atoms with Crippen LogP contribution in [0.4, 0.5) is 0 Å². The van der Waals surface area contributed by atoms with Crippen LogP contribution in [0.3, 0.4) is 0 Å². The monoisotopic (exact) mass is 337 g/mol. The van der Waals surface area contributed by atoms with Crippen molar-refractivity contribution in [1.82, 2.24) is 0 Å². The van der Waals surface area contributed by atoms with E-state index in [-0.39, 0.29) is 5.78 Å². The van der Waals surface area contributed by atoms with Crippen molar-refractivity contribution in [3.8, 4) is 6.07 Å². The molecule has 0 rings (SSSR count). The third-order valence-electron chi connectivity index (χ3n) is 3.66. The van der Waals surface area contributed by atoms with Crippen LogP contribution in [0.25, 0.3) is 0 Å². The predicted molar refractivity (Wildman–Crippen MR) is 98.5 cm³/mol. The Balaban J connectivity index is 3.94. The SMILES string of the molecule is CCCCCCC(C=CCC(=O)CCCCCC#N)SCC=O. The van der Waals surface area contributed by atoms with Crippen LogP contribution in [0.5, 0.6) is 0 Å². The Morgan fingerprint density at radius 3 is 2.65 bits per heavy atom.